The summed E-state index contributed by atoms with van der Waals surface area (Å²) < 4.78 is 3.88. The maximum atomic E-state index is 13.1. The second kappa shape index (κ2) is 6.11. The predicted molar refractivity (Wildman–Crippen MR) is 91.4 cm³/mol. The largest absolute Gasteiger partial charge is 0.336 e. The highest BCUT2D eigenvalue weighted by Crippen LogP contribution is 2.25. The fourth-order valence-corrected chi connectivity index (χ4v) is 3.59. The van der Waals surface area contributed by atoms with E-state index >= 15 is 0 Å². The third-order valence-corrected chi connectivity index (χ3v) is 4.87. The lowest BCUT2D eigenvalue weighted by Gasteiger charge is -2.28. The van der Waals surface area contributed by atoms with Crippen LogP contribution in [0.3, 0.4) is 0 Å². The van der Waals surface area contributed by atoms with E-state index in [1.807, 2.05) is 57.6 Å². The molecule has 0 spiro atoms. The van der Waals surface area contributed by atoms with Gasteiger partial charge in [-0.2, -0.15) is 5.10 Å². The van der Waals surface area contributed by atoms with E-state index in [2.05, 4.69) is 10.1 Å². The van der Waals surface area contributed by atoms with Crippen LogP contribution in [0, 0.1) is 0 Å². The van der Waals surface area contributed by atoms with Crippen molar-refractivity contribution in [1.82, 2.24) is 24.2 Å². The van der Waals surface area contributed by atoms with Crippen molar-refractivity contribution >= 4 is 16.9 Å². The zero-order chi connectivity index (χ0) is 16.5. The van der Waals surface area contributed by atoms with Crippen LogP contribution in [0.5, 0.6) is 0 Å². The first-order valence-corrected chi connectivity index (χ1v) is 8.43. The Labute approximate surface area is 140 Å². The van der Waals surface area contributed by atoms with E-state index in [1.165, 1.54) is 0 Å². The topological polar surface area (TPSA) is 56.0 Å². The molecule has 2 atom stereocenters. The molecule has 124 valence electrons. The van der Waals surface area contributed by atoms with E-state index in [4.69, 9.17) is 0 Å². The fraction of sp³-hybridized carbons (Fsp3) is 0.389. The maximum absolute atomic E-state index is 13.1. The van der Waals surface area contributed by atoms with Crippen molar-refractivity contribution in [2.75, 3.05) is 6.54 Å². The third kappa shape index (κ3) is 2.58. The first-order chi connectivity index (χ1) is 11.7. The molecule has 0 unspecified atom stereocenters. The minimum absolute atomic E-state index is 0.160. The summed E-state index contributed by atoms with van der Waals surface area (Å²) in [5.41, 5.74) is 1.92. The van der Waals surface area contributed by atoms with Crippen molar-refractivity contribution in [3.8, 4) is 0 Å². The summed E-state index contributed by atoms with van der Waals surface area (Å²) in [6, 6.07) is 9.81. The van der Waals surface area contributed by atoms with Crippen molar-refractivity contribution in [3.63, 3.8) is 0 Å². The molecule has 1 aromatic carbocycles. The van der Waals surface area contributed by atoms with Crippen molar-refractivity contribution in [3.05, 3.63) is 49.1 Å². The number of carbonyl (C=O) groups excluding carboxylic acids is 1. The number of fused-ring (bicyclic) bond motifs is 1. The molecule has 4 rings (SSSR count). The molecule has 3 heterocycles. The molecule has 1 aliphatic heterocycles. The average molecular weight is 323 g/mol. The predicted octanol–water partition coefficient (Wildman–Crippen LogP) is 2.49. The number of carbonyl (C=O) groups is 1. The van der Waals surface area contributed by atoms with Gasteiger partial charge in [0.05, 0.1) is 29.9 Å². The number of amides is 1. The van der Waals surface area contributed by atoms with Crippen molar-refractivity contribution in [1.29, 1.82) is 0 Å². The SMILES string of the molecule is C[C@H](C(=O)N1CCC[C@@H]1Cn1cccn1)n1cnc2ccccc21. The smallest absolute Gasteiger partial charge is 0.245 e. The molecule has 6 heteroatoms. The van der Waals surface area contributed by atoms with Gasteiger partial charge in [0.25, 0.3) is 0 Å². The van der Waals surface area contributed by atoms with Gasteiger partial charge in [0.1, 0.15) is 6.04 Å². The van der Waals surface area contributed by atoms with Crippen LogP contribution in [0.25, 0.3) is 11.0 Å². The normalized spacial score (nSPS) is 19.0. The van der Waals surface area contributed by atoms with Gasteiger partial charge in [-0.25, -0.2) is 4.98 Å². The van der Waals surface area contributed by atoms with Gasteiger partial charge >= 0.3 is 0 Å². The Bertz CT molecular complexity index is 838. The molecule has 1 aliphatic rings. The number of likely N-dealkylation sites (tertiary alicyclic amines) is 1. The fourth-order valence-electron chi connectivity index (χ4n) is 3.59. The van der Waals surface area contributed by atoms with Crippen LogP contribution < -0.4 is 0 Å². The zero-order valence-corrected chi connectivity index (χ0v) is 13.7. The monoisotopic (exact) mass is 323 g/mol. The number of para-hydroxylation sites is 2. The zero-order valence-electron chi connectivity index (χ0n) is 13.7. The highest BCUT2D eigenvalue weighted by molar-refractivity contribution is 5.84. The Morgan fingerprint density at radius 3 is 3.04 bits per heavy atom. The van der Waals surface area contributed by atoms with Gasteiger partial charge < -0.3 is 9.47 Å². The minimum atomic E-state index is -0.254. The van der Waals surface area contributed by atoms with Gasteiger partial charge in [-0.3, -0.25) is 9.48 Å². The molecule has 1 fully saturated rings. The van der Waals surface area contributed by atoms with Crippen LogP contribution in [0.15, 0.2) is 49.1 Å². The number of hydrogen-bond donors (Lipinski definition) is 0. The molecule has 3 aromatic rings. The van der Waals surface area contributed by atoms with E-state index in [0.29, 0.717) is 0 Å². The van der Waals surface area contributed by atoms with E-state index in [9.17, 15) is 4.79 Å². The standard InChI is InChI=1S/C18H21N5O/c1-14(23-13-19-16-7-2-3-8-17(16)23)18(24)22-11-4-6-15(22)12-21-10-5-9-20-21/h2-3,5,7-10,13-15H,4,6,11-12H2,1H3/t14-,15-/m1/s1. The summed E-state index contributed by atoms with van der Waals surface area (Å²) in [4.78, 5) is 19.5. The second-order valence-electron chi connectivity index (χ2n) is 6.37. The molecule has 0 aliphatic carbocycles. The Morgan fingerprint density at radius 1 is 1.33 bits per heavy atom. The van der Waals surface area contributed by atoms with Crippen LogP contribution in [-0.4, -0.2) is 42.7 Å². The summed E-state index contributed by atoms with van der Waals surface area (Å²) in [6.45, 7) is 3.54. The van der Waals surface area contributed by atoms with Gasteiger partial charge in [-0.05, 0) is 38.0 Å². The van der Waals surface area contributed by atoms with E-state index < -0.39 is 0 Å². The molecular formula is C18H21N5O. The van der Waals surface area contributed by atoms with Crippen LogP contribution >= 0.6 is 0 Å². The van der Waals surface area contributed by atoms with Crippen molar-refractivity contribution < 1.29 is 4.79 Å². The van der Waals surface area contributed by atoms with Crippen LogP contribution in [0.1, 0.15) is 25.8 Å². The van der Waals surface area contributed by atoms with E-state index in [1.54, 1.807) is 12.5 Å². The highest BCUT2D eigenvalue weighted by atomic mass is 16.2. The molecule has 0 bridgehead atoms. The van der Waals surface area contributed by atoms with Gasteiger partial charge in [0.15, 0.2) is 0 Å². The summed E-state index contributed by atoms with van der Waals surface area (Å²) in [7, 11) is 0. The highest BCUT2D eigenvalue weighted by Gasteiger charge is 2.32. The quantitative estimate of drug-likeness (QED) is 0.741. The summed E-state index contributed by atoms with van der Waals surface area (Å²) in [5, 5.41) is 4.27. The van der Waals surface area contributed by atoms with Crippen LogP contribution in [-0.2, 0) is 11.3 Å². The molecule has 2 aromatic heterocycles. The summed E-state index contributed by atoms with van der Waals surface area (Å²) in [6.07, 6.45) is 7.58. The molecule has 1 saturated heterocycles. The molecule has 0 saturated carbocycles. The first-order valence-electron chi connectivity index (χ1n) is 8.43. The van der Waals surface area contributed by atoms with Crippen LogP contribution in [0.4, 0.5) is 0 Å². The lowest BCUT2D eigenvalue weighted by molar-refractivity contribution is -0.135. The summed E-state index contributed by atoms with van der Waals surface area (Å²) in [5.74, 6) is 0.160. The maximum Gasteiger partial charge on any atom is 0.245 e. The molecule has 0 N–H and O–H groups in total. The Kier molecular flexibility index (Phi) is 3.80. The van der Waals surface area contributed by atoms with Crippen LogP contribution in [0.2, 0.25) is 0 Å². The van der Waals surface area contributed by atoms with Crippen molar-refractivity contribution in [2.24, 2.45) is 0 Å². The molecular weight excluding hydrogens is 302 g/mol. The van der Waals surface area contributed by atoms with Crippen molar-refractivity contribution in [2.45, 2.75) is 38.4 Å². The molecule has 1 amide bonds. The number of benzene rings is 1. The van der Waals surface area contributed by atoms with E-state index in [0.717, 1.165) is 37.0 Å². The van der Waals surface area contributed by atoms with E-state index in [-0.39, 0.29) is 18.0 Å². The lowest BCUT2D eigenvalue weighted by atomic mass is 10.2. The van der Waals surface area contributed by atoms with Gasteiger partial charge in [0.2, 0.25) is 5.91 Å². The molecule has 24 heavy (non-hydrogen) atoms. The minimum Gasteiger partial charge on any atom is -0.336 e. The Balaban J connectivity index is 1.55. The molecule has 6 nitrogen and oxygen atoms in total. The average Bonchev–Trinajstić information content (AvgIpc) is 3.34. The number of nitrogens with zero attached hydrogens (tertiary/aromatic N) is 5. The first kappa shape index (κ1) is 14.9. The molecule has 0 radical (unpaired) electrons. The number of rotatable bonds is 4. The van der Waals surface area contributed by atoms with Gasteiger partial charge in [-0.1, -0.05) is 12.1 Å². The number of hydrogen-bond acceptors (Lipinski definition) is 3. The number of aromatic nitrogens is 4. The van der Waals surface area contributed by atoms with Gasteiger partial charge in [-0.15, -0.1) is 0 Å². The van der Waals surface area contributed by atoms with Gasteiger partial charge in [0, 0.05) is 18.9 Å². The number of imidazole rings is 1. The third-order valence-electron chi connectivity index (χ3n) is 4.87. The Hall–Kier alpha value is -2.63. The lowest BCUT2D eigenvalue weighted by Crippen LogP contribution is -2.41. The Morgan fingerprint density at radius 2 is 2.21 bits per heavy atom. The summed E-state index contributed by atoms with van der Waals surface area (Å²) >= 11 is 0. The second-order valence-corrected chi connectivity index (χ2v) is 6.37.